The van der Waals surface area contributed by atoms with Gasteiger partial charge < -0.3 is 10.1 Å². The van der Waals surface area contributed by atoms with Gasteiger partial charge in [0.15, 0.2) is 0 Å². The molecule has 0 radical (unpaired) electrons. The summed E-state index contributed by atoms with van der Waals surface area (Å²) in [7, 11) is 1.68. The zero-order chi connectivity index (χ0) is 18.4. The van der Waals surface area contributed by atoms with E-state index in [1.165, 1.54) is 0 Å². The average Bonchev–Trinajstić information content (AvgIpc) is 3.11. The highest BCUT2D eigenvalue weighted by Gasteiger charge is 2.15. The van der Waals surface area contributed by atoms with Crippen LogP contribution in [0.1, 0.15) is 13.8 Å². The maximum Gasteiger partial charge on any atom is 0.227 e. The molecule has 0 bridgehead atoms. The number of nitrogens with one attached hydrogen (secondary N) is 1. The molecule has 26 heavy (non-hydrogen) atoms. The smallest absolute Gasteiger partial charge is 0.227 e. The number of rotatable bonds is 7. The van der Waals surface area contributed by atoms with Gasteiger partial charge >= 0.3 is 0 Å². The Morgan fingerprint density at radius 3 is 2.92 bits per heavy atom. The highest BCUT2D eigenvalue weighted by Crippen LogP contribution is 2.29. The lowest BCUT2D eigenvalue weighted by molar-refractivity contribution is 0.183. The van der Waals surface area contributed by atoms with E-state index in [1.54, 1.807) is 25.7 Å². The maximum absolute atomic E-state index is 5.17. The third kappa shape index (κ3) is 4.12. The molecule has 7 nitrogen and oxygen atoms in total. The first-order valence-corrected chi connectivity index (χ1v) is 8.41. The molecule has 0 unspecified atom stereocenters. The maximum atomic E-state index is 5.17. The van der Waals surface area contributed by atoms with Gasteiger partial charge in [0.1, 0.15) is 5.69 Å². The lowest BCUT2D eigenvalue weighted by Crippen LogP contribution is -2.04. The molecule has 3 heterocycles. The fourth-order valence-electron chi connectivity index (χ4n) is 2.44. The number of hydrogen-bond donors (Lipinski definition) is 1. The highest BCUT2D eigenvalue weighted by atomic mass is 16.5. The van der Waals surface area contributed by atoms with Crippen LogP contribution in [0.5, 0.6) is 0 Å². The van der Waals surface area contributed by atoms with Crippen molar-refractivity contribution < 1.29 is 4.74 Å². The molecule has 0 aromatic carbocycles. The molecule has 7 heteroatoms. The van der Waals surface area contributed by atoms with Crippen molar-refractivity contribution in [3.63, 3.8) is 0 Å². The SMILES string of the molecule is C/C=C(\C)Nc1nccc(-c2cn(CCOC)nc2-c2cccnc2)n1. The molecule has 0 atom stereocenters. The van der Waals surface area contributed by atoms with Crippen molar-refractivity contribution in [2.75, 3.05) is 19.0 Å². The Hall–Kier alpha value is -3.06. The van der Waals surface area contributed by atoms with Crippen molar-refractivity contribution in [1.82, 2.24) is 24.7 Å². The molecule has 134 valence electrons. The topological polar surface area (TPSA) is 77.8 Å². The summed E-state index contributed by atoms with van der Waals surface area (Å²) in [5, 5.41) is 7.89. The van der Waals surface area contributed by atoms with Crippen molar-refractivity contribution in [2.45, 2.75) is 20.4 Å². The second kappa shape index (κ2) is 8.35. The molecule has 3 rings (SSSR count). The third-order valence-electron chi connectivity index (χ3n) is 3.89. The average molecular weight is 350 g/mol. The second-order valence-corrected chi connectivity index (χ2v) is 5.75. The minimum atomic E-state index is 0.555. The highest BCUT2D eigenvalue weighted by molar-refractivity contribution is 5.78. The van der Waals surface area contributed by atoms with E-state index in [0.717, 1.165) is 28.2 Å². The molecule has 1 N–H and O–H groups in total. The van der Waals surface area contributed by atoms with Crippen LogP contribution in [0.4, 0.5) is 5.95 Å². The third-order valence-corrected chi connectivity index (χ3v) is 3.89. The summed E-state index contributed by atoms with van der Waals surface area (Å²) >= 11 is 0. The number of anilines is 1. The van der Waals surface area contributed by atoms with Crippen LogP contribution >= 0.6 is 0 Å². The number of ether oxygens (including phenoxy) is 1. The fraction of sp³-hybridized carbons (Fsp3) is 0.263. The zero-order valence-corrected chi connectivity index (χ0v) is 15.2. The molecular weight excluding hydrogens is 328 g/mol. The molecule has 0 aliphatic rings. The summed E-state index contributed by atoms with van der Waals surface area (Å²) in [6.45, 7) is 5.19. The molecule has 3 aromatic heterocycles. The van der Waals surface area contributed by atoms with Crippen LogP contribution in [0.25, 0.3) is 22.5 Å². The Kier molecular flexibility index (Phi) is 5.70. The first kappa shape index (κ1) is 17.8. The Morgan fingerprint density at radius 2 is 2.19 bits per heavy atom. The molecule has 0 saturated heterocycles. The van der Waals surface area contributed by atoms with Gasteiger partial charge in [0.05, 0.1) is 18.8 Å². The van der Waals surface area contributed by atoms with Crippen LogP contribution in [-0.2, 0) is 11.3 Å². The normalized spacial score (nSPS) is 11.6. The number of aromatic nitrogens is 5. The van der Waals surface area contributed by atoms with Crippen LogP contribution in [-0.4, -0.2) is 38.4 Å². The zero-order valence-electron chi connectivity index (χ0n) is 15.2. The van der Waals surface area contributed by atoms with Gasteiger partial charge in [-0.15, -0.1) is 0 Å². The summed E-state index contributed by atoms with van der Waals surface area (Å²) in [4.78, 5) is 13.1. The standard InChI is InChI=1S/C19H22N6O/c1-4-14(2)22-19-21-9-7-17(23-19)16-13-25(10-11-26-3)24-18(16)15-6-5-8-20-12-15/h4-9,12-13H,10-11H2,1-3H3,(H,21,22,23)/b14-4+. The lowest BCUT2D eigenvalue weighted by Gasteiger charge is -2.06. The Bertz CT molecular complexity index is 888. The molecule has 0 aliphatic heterocycles. The molecular formula is C19H22N6O. The first-order valence-electron chi connectivity index (χ1n) is 8.41. The molecule has 0 fully saturated rings. The number of nitrogens with zero attached hydrogens (tertiary/aromatic N) is 5. The largest absolute Gasteiger partial charge is 0.383 e. The van der Waals surface area contributed by atoms with Crippen LogP contribution in [0.15, 0.2) is 54.8 Å². The fourth-order valence-corrected chi connectivity index (χ4v) is 2.44. The predicted molar refractivity (Wildman–Crippen MR) is 101 cm³/mol. The summed E-state index contributed by atoms with van der Waals surface area (Å²) in [6.07, 6.45) is 9.25. The van der Waals surface area contributed by atoms with Crippen molar-refractivity contribution in [3.8, 4) is 22.5 Å². The number of pyridine rings is 1. The van der Waals surface area contributed by atoms with E-state index in [0.29, 0.717) is 19.1 Å². The molecule has 0 amide bonds. The van der Waals surface area contributed by atoms with Gasteiger partial charge in [-0.2, -0.15) is 5.10 Å². The van der Waals surface area contributed by atoms with Crippen molar-refractivity contribution in [2.24, 2.45) is 0 Å². The van der Waals surface area contributed by atoms with Gasteiger partial charge in [-0.3, -0.25) is 9.67 Å². The monoisotopic (exact) mass is 350 g/mol. The minimum Gasteiger partial charge on any atom is -0.383 e. The summed E-state index contributed by atoms with van der Waals surface area (Å²) in [6, 6.07) is 5.77. The van der Waals surface area contributed by atoms with Crippen LogP contribution in [0, 0.1) is 0 Å². The summed E-state index contributed by atoms with van der Waals surface area (Å²) in [5.74, 6) is 0.555. The summed E-state index contributed by atoms with van der Waals surface area (Å²) in [5.41, 5.74) is 4.50. The number of allylic oxidation sites excluding steroid dienone is 2. The van der Waals surface area contributed by atoms with Crippen molar-refractivity contribution in [1.29, 1.82) is 0 Å². The van der Waals surface area contributed by atoms with E-state index in [-0.39, 0.29) is 0 Å². The lowest BCUT2D eigenvalue weighted by atomic mass is 10.1. The van der Waals surface area contributed by atoms with E-state index in [9.17, 15) is 0 Å². The van der Waals surface area contributed by atoms with Gasteiger partial charge in [-0.05, 0) is 32.0 Å². The molecule has 0 aliphatic carbocycles. The molecule has 3 aromatic rings. The summed E-state index contributed by atoms with van der Waals surface area (Å²) < 4.78 is 7.04. The van der Waals surface area contributed by atoms with Gasteiger partial charge in [0.25, 0.3) is 0 Å². The van der Waals surface area contributed by atoms with Crippen molar-refractivity contribution in [3.05, 3.63) is 54.8 Å². The van der Waals surface area contributed by atoms with Gasteiger partial charge in [-0.25, -0.2) is 9.97 Å². The van der Waals surface area contributed by atoms with E-state index >= 15 is 0 Å². The number of hydrogen-bond acceptors (Lipinski definition) is 6. The second-order valence-electron chi connectivity index (χ2n) is 5.75. The Labute approximate surface area is 152 Å². The Balaban J connectivity index is 2.03. The van der Waals surface area contributed by atoms with Crippen molar-refractivity contribution >= 4 is 5.95 Å². The molecule has 0 spiro atoms. The van der Waals surface area contributed by atoms with E-state index < -0.39 is 0 Å². The van der Waals surface area contributed by atoms with Gasteiger partial charge in [0.2, 0.25) is 5.95 Å². The van der Waals surface area contributed by atoms with Gasteiger partial charge in [0, 0.05) is 48.7 Å². The molecule has 0 saturated carbocycles. The number of methoxy groups -OCH3 is 1. The van der Waals surface area contributed by atoms with E-state index in [1.807, 2.05) is 49.0 Å². The van der Waals surface area contributed by atoms with E-state index in [4.69, 9.17) is 9.84 Å². The van der Waals surface area contributed by atoms with Gasteiger partial charge in [-0.1, -0.05) is 6.08 Å². The van der Waals surface area contributed by atoms with E-state index in [2.05, 4.69) is 20.3 Å². The van der Waals surface area contributed by atoms with Crippen LogP contribution in [0.3, 0.4) is 0 Å². The predicted octanol–water partition coefficient (Wildman–Crippen LogP) is 3.38. The van der Waals surface area contributed by atoms with Crippen LogP contribution in [0.2, 0.25) is 0 Å². The quantitative estimate of drug-likeness (QED) is 0.704. The van der Waals surface area contributed by atoms with Crippen LogP contribution < -0.4 is 5.32 Å². The first-order chi connectivity index (χ1) is 12.7. The Morgan fingerprint density at radius 1 is 1.31 bits per heavy atom. The minimum absolute atomic E-state index is 0.555.